The van der Waals surface area contributed by atoms with E-state index in [1.165, 1.54) is 16.8 Å². The van der Waals surface area contributed by atoms with Gasteiger partial charge in [0.2, 0.25) is 11.8 Å². The van der Waals surface area contributed by atoms with E-state index in [-0.39, 0.29) is 24.7 Å². The van der Waals surface area contributed by atoms with Gasteiger partial charge in [-0.25, -0.2) is 9.67 Å². The molecule has 2 aromatic rings. The number of carbonyl (C=O) groups is 2. The molecule has 1 fully saturated rings. The van der Waals surface area contributed by atoms with Crippen LogP contribution in [0.4, 0.5) is 13.2 Å². The highest BCUT2D eigenvalue weighted by Crippen LogP contribution is 2.30. The maximum Gasteiger partial charge on any atom is 0.416 e. The molecule has 4 N–H and O–H groups in total. The number of primary amides is 1. The molecule has 2 heterocycles. The molecule has 1 aromatic carbocycles. The van der Waals surface area contributed by atoms with Crippen molar-refractivity contribution in [2.45, 2.75) is 18.6 Å². The summed E-state index contributed by atoms with van der Waals surface area (Å²) in [6.07, 6.45) is -4.68. The molecule has 0 radical (unpaired) electrons. The second-order valence-corrected chi connectivity index (χ2v) is 5.74. The summed E-state index contributed by atoms with van der Waals surface area (Å²) in [5.74, 6) is -0.486. The largest absolute Gasteiger partial charge is 0.416 e. The lowest BCUT2D eigenvalue weighted by atomic mass is 10.2. The molecule has 0 aliphatic carbocycles. The summed E-state index contributed by atoms with van der Waals surface area (Å²) in [5.41, 5.74) is 4.67. The first-order valence-corrected chi connectivity index (χ1v) is 7.66. The van der Waals surface area contributed by atoms with Crippen LogP contribution in [0.15, 0.2) is 24.3 Å². The summed E-state index contributed by atoms with van der Waals surface area (Å²) >= 11 is 0. The van der Waals surface area contributed by atoms with E-state index in [9.17, 15) is 22.8 Å². The second-order valence-electron chi connectivity index (χ2n) is 5.74. The van der Waals surface area contributed by atoms with Gasteiger partial charge in [-0.05, 0) is 24.3 Å². The molecular formula is C15H15F3N6O2. The quantitative estimate of drug-likeness (QED) is 0.707. The highest BCUT2D eigenvalue weighted by molar-refractivity contribution is 5.79. The summed E-state index contributed by atoms with van der Waals surface area (Å²) in [6, 6.07) is 3.78. The number of aromatic nitrogens is 3. The summed E-state index contributed by atoms with van der Waals surface area (Å²) in [4.78, 5) is 27.0. The van der Waals surface area contributed by atoms with Gasteiger partial charge < -0.3 is 16.4 Å². The number of benzene rings is 1. The molecule has 0 saturated carbocycles. The van der Waals surface area contributed by atoms with Crippen molar-refractivity contribution in [2.75, 3.05) is 13.1 Å². The number of rotatable bonds is 4. The number of alkyl halides is 3. The predicted octanol–water partition coefficient (Wildman–Crippen LogP) is 0.0744. The fraction of sp³-hybridized carbons (Fsp3) is 0.333. The van der Waals surface area contributed by atoms with Gasteiger partial charge in [0.25, 0.3) is 0 Å². The zero-order valence-electron chi connectivity index (χ0n) is 13.4. The molecule has 0 bridgehead atoms. The SMILES string of the molecule is NC(=O)Cc1nc(C2CNCC(=O)N2)n(-c2ccc(C(F)(F)F)cc2)n1. The molecule has 1 saturated heterocycles. The van der Waals surface area contributed by atoms with Crippen LogP contribution in [0.5, 0.6) is 0 Å². The molecule has 8 nitrogen and oxygen atoms in total. The molecule has 1 aromatic heterocycles. The topological polar surface area (TPSA) is 115 Å². The number of amides is 2. The molecule has 1 unspecified atom stereocenters. The van der Waals surface area contributed by atoms with Crippen LogP contribution in [0.1, 0.15) is 23.3 Å². The molecule has 11 heteroatoms. The molecule has 2 amide bonds. The predicted molar refractivity (Wildman–Crippen MR) is 83.0 cm³/mol. The maximum atomic E-state index is 12.7. The van der Waals surface area contributed by atoms with Crippen molar-refractivity contribution in [3.63, 3.8) is 0 Å². The Balaban J connectivity index is 1.99. The van der Waals surface area contributed by atoms with Crippen molar-refractivity contribution >= 4 is 11.8 Å². The third kappa shape index (κ3) is 3.82. The summed E-state index contributed by atoms with van der Waals surface area (Å²) in [5, 5.41) is 9.79. The van der Waals surface area contributed by atoms with Crippen LogP contribution in [0.25, 0.3) is 5.69 Å². The van der Waals surface area contributed by atoms with Gasteiger partial charge >= 0.3 is 6.18 Å². The van der Waals surface area contributed by atoms with E-state index in [0.717, 1.165) is 12.1 Å². The first-order chi connectivity index (χ1) is 12.2. The number of hydrogen-bond acceptors (Lipinski definition) is 5. The van der Waals surface area contributed by atoms with Gasteiger partial charge in [0.05, 0.1) is 24.2 Å². The lowest BCUT2D eigenvalue weighted by Gasteiger charge is -2.23. The van der Waals surface area contributed by atoms with Crippen molar-refractivity contribution in [3.8, 4) is 5.69 Å². The highest BCUT2D eigenvalue weighted by atomic mass is 19.4. The number of nitrogens with two attached hydrogens (primary N) is 1. The molecule has 26 heavy (non-hydrogen) atoms. The smallest absolute Gasteiger partial charge is 0.369 e. The average molecular weight is 368 g/mol. The number of hydrogen-bond donors (Lipinski definition) is 3. The maximum absolute atomic E-state index is 12.7. The van der Waals surface area contributed by atoms with Crippen LogP contribution >= 0.6 is 0 Å². The van der Waals surface area contributed by atoms with Crippen LogP contribution in [-0.2, 0) is 22.2 Å². The Bertz CT molecular complexity index is 831. The van der Waals surface area contributed by atoms with Crippen LogP contribution in [0.2, 0.25) is 0 Å². The number of nitrogens with zero attached hydrogens (tertiary/aromatic N) is 3. The number of piperazine rings is 1. The molecule has 138 valence electrons. The first kappa shape index (κ1) is 17.9. The Morgan fingerprint density at radius 1 is 1.31 bits per heavy atom. The Hall–Kier alpha value is -2.95. The monoisotopic (exact) mass is 368 g/mol. The molecular weight excluding hydrogens is 353 g/mol. The lowest BCUT2D eigenvalue weighted by molar-refractivity contribution is -0.137. The summed E-state index contributed by atoms with van der Waals surface area (Å²) in [6.45, 7) is 0.514. The zero-order valence-corrected chi connectivity index (χ0v) is 13.4. The van der Waals surface area contributed by atoms with Gasteiger partial charge in [-0.15, -0.1) is 0 Å². The number of carbonyl (C=O) groups excluding carboxylic acids is 2. The van der Waals surface area contributed by atoms with E-state index < -0.39 is 23.7 Å². The second kappa shape index (κ2) is 6.75. The third-order valence-electron chi connectivity index (χ3n) is 3.73. The van der Waals surface area contributed by atoms with Crippen LogP contribution in [0, 0.1) is 0 Å². The van der Waals surface area contributed by atoms with E-state index in [0.29, 0.717) is 18.1 Å². The van der Waals surface area contributed by atoms with Crippen molar-refractivity contribution < 1.29 is 22.8 Å². The van der Waals surface area contributed by atoms with Gasteiger partial charge in [0, 0.05) is 6.54 Å². The number of nitrogens with one attached hydrogen (secondary N) is 2. The van der Waals surface area contributed by atoms with E-state index in [2.05, 4.69) is 20.7 Å². The Kier molecular flexibility index (Phi) is 4.64. The Morgan fingerprint density at radius 2 is 2.00 bits per heavy atom. The minimum atomic E-state index is -4.46. The molecule has 1 atom stereocenters. The van der Waals surface area contributed by atoms with Crippen LogP contribution in [-0.4, -0.2) is 39.7 Å². The Morgan fingerprint density at radius 3 is 2.58 bits per heavy atom. The van der Waals surface area contributed by atoms with E-state index >= 15 is 0 Å². The van der Waals surface area contributed by atoms with E-state index in [1.54, 1.807) is 0 Å². The van der Waals surface area contributed by atoms with Gasteiger partial charge in [0.1, 0.15) is 6.04 Å². The standard InChI is InChI=1S/C15H15F3N6O2/c16-15(17,18)8-1-3-9(4-2-8)24-14(10-6-20-7-13(26)21-10)22-12(23-24)5-11(19)25/h1-4,10,20H,5-7H2,(H2,19,25)(H,21,26). The van der Waals surface area contributed by atoms with Gasteiger partial charge in [-0.2, -0.15) is 18.3 Å². The molecule has 1 aliphatic rings. The highest BCUT2D eigenvalue weighted by Gasteiger charge is 2.31. The minimum Gasteiger partial charge on any atom is -0.369 e. The summed E-state index contributed by atoms with van der Waals surface area (Å²) in [7, 11) is 0. The third-order valence-corrected chi connectivity index (χ3v) is 3.73. The molecule has 0 spiro atoms. The van der Waals surface area contributed by atoms with Crippen LogP contribution < -0.4 is 16.4 Å². The zero-order chi connectivity index (χ0) is 18.9. The lowest BCUT2D eigenvalue weighted by Crippen LogP contribution is -2.47. The number of halogens is 3. The van der Waals surface area contributed by atoms with Gasteiger partial charge in [-0.3, -0.25) is 9.59 Å². The van der Waals surface area contributed by atoms with Crippen molar-refractivity contribution in [1.82, 2.24) is 25.4 Å². The van der Waals surface area contributed by atoms with Crippen LogP contribution in [0.3, 0.4) is 0 Å². The van der Waals surface area contributed by atoms with Crippen molar-refractivity contribution in [2.24, 2.45) is 5.73 Å². The molecule has 3 rings (SSSR count). The van der Waals surface area contributed by atoms with E-state index in [1.807, 2.05) is 0 Å². The molecule has 1 aliphatic heterocycles. The first-order valence-electron chi connectivity index (χ1n) is 7.66. The Labute approximate surface area is 145 Å². The fourth-order valence-electron chi connectivity index (χ4n) is 2.59. The normalized spacial score (nSPS) is 17.8. The van der Waals surface area contributed by atoms with Crippen molar-refractivity contribution in [1.29, 1.82) is 0 Å². The van der Waals surface area contributed by atoms with E-state index in [4.69, 9.17) is 5.73 Å². The van der Waals surface area contributed by atoms with Gasteiger partial charge in [-0.1, -0.05) is 0 Å². The van der Waals surface area contributed by atoms with Crippen molar-refractivity contribution in [3.05, 3.63) is 41.5 Å². The van der Waals surface area contributed by atoms with Gasteiger partial charge in [0.15, 0.2) is 11.6 Å². The average Bonchev–Trinajstić information content (AvgIpc) is 2.97. The summed E-state index contributed by atoms with van der Waals surface area (Å²) < 4.78 is 39.5. The fourth-order valence-corrected chi connectivity index (χ4v) is 2.59. The minimum absolute atomic E-state index is 0.118.